The smallest absolute Gasteiger partial charge is 0.226 e. The molecule has 0 atom stereocenters. The topological polar surface area (TPSA) is 47.0 Å². The number of benzene rings is 1. The first-order valence-corrected chi connectivity index (χ1v) is 5.93. The minimum atomic E-state index is 0.548. The monoisotopic (exact) mass is 263 g/mol. The predicted octanol–water partition coefficient (Wildman–Crippen LogP) is 3.06. The summed E-state index contributed by atoms with van der Waals surface area (Å²) in [6.07, 6.45) is 0. The quantitative estimate of drug-likeness (QED) is 0.921. The van der Waals surface area contributed by atoms with Gasteiger partial charge in [0.15, 0.2) is 0 Å². The van der Waals surface area contributed by atoms with Gasteiger partial charge in [-0.1, -0.05) is 23.7 Å². The Bertz CT molecular complexity index is 546. The van der Waals surface area contributed by atoms with E-state index < -0.39 is 0 Å². The van der Waals surface area contributed by atoms with Gasteiger partial charge in [0.1, 0.15) is 0 Å². The van der Waals surface area contributed by atoms with E-state index in [0.717, 1.165) is 16.3 Å². The fourth-order valence-corrected chi connectivity index (χ4v) is 1.76. The average Bonchev–Trinajstić information content (AvgIpc) is 2.36. The summed E-state index contributed by atoms with van der Waals surface area (Å²) in [6.45, 7) is 2.52. The van der Waals surface area contributed by atoms with Gasteiger partial charge in [-0.2, -0.15) is 4.98 Å². The SMILES string of the molecule is COc1cc(C)nc(NCc2cccc(Cl)c2)n1. The number of anilines is 1. The Labute approximate surface area is 111 Å². The summed E-state index contributed by atoms with van der Waals surface area (Å²) in [4.78, 5) is 8.50. The van der Waals surface area contributed by atoms with Crippen LogP contribution in [0, 0.1) is 6.92 Å². The number of rotatable bonds is 4. The van der Waals surface area contributed by atoms with Crippen LogP contribution in [0.2, 0.25) is 5.02 Å². The molecule has 0 saturated carbocycles. The van der Waals surface area contributed by atoms with Crippen LogP contribution in [0.3, 0.4) is 0 Å². The number of nitrogens with one attached hydrogen (secondary N) is 1. The van der Waals surface area contributed by atoms with Crippen LogP contribution in [0.4, 0.5) is 5.95 Å². The van der Waals surface area contributed by atoms with Crippen molar-refractivity contribution in [3.05, 3.63) is 46.6 Å². The summed E-state index contributed by atoms with van der Waals surface area (Å²) in [6, 6.07) is 9.44. The van der Waals surface area contributed by atoms with Crippen molar-refractivity contribution in [1.29, 1.82) is 0 Å². The van der Waals surface area contributed by atoms with E-state index in [9.17, 15) is 0 Å². The number of aryl methyl sites for hydroxylation is 1. The van der Waals surface area contributed by atoms with Crippen molar-refractivity contribution in [2.24, 2.45) is 0 Å². The largest absolute Gasteiger partial charge is 0.481 e. The van der Waals surface area contributed by atoms with Crippen LogP contribution >= 0.6 is 11.6 Å². The molecule has 2 aromatic rings. The molecule has 0 amide bonds. The molecule has 0 unspecified atom stereocenters. The molecule has 1 N–H and O–H groups in total. The van der Waals surface area contributed by atoms with Crippen LogP contribution in [-0.4, -0.2) is 17.1 Å². The number of aromatic nitrogens is 2. The summed E-state index contributed by atoms with van der Waals surface area (Å²) in [5.41, 5.74) is 1.93. The Kier molecular flexibility index (Phi) is 3.99. The van der Waals surface area contributed by atoms with Gasteiger partial charge < -0.3 is 10.1 Å². The molecule has 1 aromatic heterocycles. The zero-order valence-corrected chi connectivity index (χ0v) is 11.0. The first-order chi connectivity index (χ1) is 8.67. The van der Waals surface area contributed by atoms with Gasteiger partial charge in [0.2, 0.25) is 11.8 Å². The number of halogens is 1. The van der Waals surface area contributed by atoms with Gasteiger partial charge in [-0.15, -0.1) is 0 Å². The minimum Gasteiger partial charge on any atom is -0.481 e. The maximum Gasteiger partial charge on any atom is 0.226 e. The van der Waals surface area contributed by atoms with Crippen molar-refractivity contribution in [3.63, 3.8) is 0 Å². The molecule has 4 nitrogen and oxygen atoms in total. The van der Waals surface area contributed by atoms with E-state index >= 15 is 0 Å². The molecule has 0 bridgehead atoms. The molecule has 1 aromatic carbocycles. The molecule has 0 radical (unpaired) electrons. The lowest BCUT2D eigenvalue weighted by atomic mass is 10.2. The van der Waals surface area contributed by atoms with Crippen molar-refractivity contribution in [2.75, 3.05) is 12.4 Å². The van der Waals surface area contributed by atoms with Gasteiger partial charge in [-0.05, 0) is 24.6 Å². The van der Waals surface area contributed by atoms with Gasteiger partial charge in [0.05, 0.1) is 7.11 Å². The standard InChI is InChI=1S/C13H14ClN3O/c1-9-6-12(18-2)17-13(16-9)15-8-10-4-3-5-11(14)7-10/h3-7H,8H2,1-2H3,(H,15,16,17). The molecular formula is C13H14ClN3O. The summed E-state index contributed by atoms with van der Waals surface area (Å²) >= 11 is 5.92. The minimum absolute atomic E-state index is 0.548. The molecule has 0 aliphatic carbocycles. The molecule has 0 aliphatic rings. The third-order valence-electron chi connectivity index (χ3n) is 2.38. The van der Waals surface area contributed by atoms with Crippen LogP contribution in [0.15, 0.2) is 30.3 Å². The summed E-state index contributed by atoms with van der Waals surface area (Å²) in [7, 11) is 1.59. The van der Waals surface area contributed by atoms with Crippen LogP contribution in [-0.2, 0) is 6.54 Å². The van der Waals surface area contributed by atoms with E-state index in [-0.39, 0.29) is 0 Å². The Morgan fingerprint density at radius 3 is 2.83 bits per heavy atom. The Morgan fingerprint density at radius 1 is 1.28 bits per heavy atom. The molecule has 5 heteroatoms. The van der Waals surface area contributed by atoms with Gasteiger partial charge in [0.25, 0.3) is 0 Å². The van der Waals surface area contributed by atoms with Crippen LogP contribution in [0.25, 0.3) is 0 Å². The van der Waals surface area contributed by atoms with Crippen LogP contribution < -0.4 is 10.1 Å². The number of nitrogens with zero attached hydrogens (tertiary/aromatic N) is 2. The van der Waals surface area contributed by atoms with Crippen LogP contribution in [0.5, 0.6) is 5.88 Å². The molecule has 0 spiro atoms. The second-order valence-electron chi connectivity index (χ2n) is 3.86. The van der Waals surface area contributed by atoms with Crippen LogP contribution in [0.1, 0.15) is 11.3 Å². The number of hydrogen-bond acceptors (Lipinski definition) is 4. The summed E-state index contributed by atoms with van der Waals surface area (Å²) in [5, 5.41) is 3.86. The van der Waals surface area contributed by atoms with E-state index in [0.29, 0.717) is 18.4 Å². The second kappa shape index (κ2) is 5.69. The third-order valence-corrected chi connectivity index (χ3v) is 2.61. The maximum atomic E-state index is 5.92. The molecule has 1 heterocycles. The predicted molar refractivity (Wildman–Crippen MR) is 72.1 cm³/mol. The van der Waals surface area contributed by atoms with Crippen molar-refractivity contribution in [1.82, 2.24) is 9.97 Å². The van der Waals surface area contributed by atoms with E-state index in [1.807, 2.05) is 31.2 Å². The Hall–Kier alpha value is -1.81. The van der Waals surface area contributed by atoms with Crippen molar-refractivity contribution < 1.29 is 4.74 Å². The van der Waals surface area contributed by atoms with Gasteiger partial charge in [-0.25, -0.2) is 4.98 Å². The molecule has 18 heavy (non-hydrogen) atoms. The Balaban J connectivity index is 2.08. The number of hydrogen-bond donors (Lipinski definition) is 1. The van der Waals surface area contributed by atoms with E-state index in [1.54, 1.807) is 13.2 Å². The van der Waals surface area contributed by atoms with Gasteiger partial charge in [0, 0.05) is 23.3 Å². The van der Waals surface area contributed by atoms with E-state index in [2.05, 4.69) is 15.3 Å². The molecule has 2 rings (SSSR count). The van der Waals surface area contributed by atoms with Crippen molar-refractivity contribution >= 4 is 17.5 Å². The highest BCUT2D eigenvalue weighted by atomic mass is 35.5. The molecule has 0 fully saturated rings. The highest BCUT2D eigenvalue weighted by Crippen LogP contribution is 2.14. The zero-order chi connectivity index (χ0) is 13.0. The number of methoxy groups -OCH3 is 1. The van der Waals surface area contributed by atoms with Crippen molar-refractivity contribution in [3.8, 4) is 5.88 Å². The normalized spacial score (nSPS) is 10.2. The molecule has 94 valence electrons. The average molecular weight is 264 g/mol. The second-order valence-corrected chi connectivity index (χ2v) is 4.30. The van der Waals surface area contributed by atoms with E-state index in [4.69, 9.17) is 16.3 Å². The highest BCUT2D eigenvalue weighted by Gasteiger charge is 2.02. The van der Waals surface area contributed by atoms with E-state index in [1.165, 1.54) is 0 Å². The molecule has 0 aliphatic heterocycles. The first-order valence-electron chi connectivity index (χ1n) is 5.55. The summed E-state index contributed by atoms with van der Waals surface area (Å²) < 4.78 is 5.09. The lowest BCUT2D eigenvalue weighted by Gasteiger charge is -2.07. The number of ether oxygens (including phenoxy) is 1. The lowest BCUT2D eigenvalue weighted by molar-refractivity contribution is 0.397. The zero-order valence-electron chi connectivity index (χ0n) is 10.3. The van der Waals surface area contributed by atoms with Gasteiger partial charge in [-0.3, -0.25) is 0 Å². The van der Waals surface area contributed by atoms with Gasteiger partial charge >= 0.3 is 0 Å². The summed E-state index contributed by atoms with van der Waals surface area (Å²) in [5.74, 6) is 1.10. The maximum absolute atomic E-state index is 5.92. The first kappa shape index (κ1) is 12.6. The third kappa shape index (κ3) is 3.34. The fourth-order valence-electron chi connectivity index (χ4n) is 1.55. The lowest BCUT2D eigenvalue weighted by Crippen LogP contribution is -2.05. The molecule has 0 saturated heterocycles. The Morgan fingerprint density at radius 2 is 2.11 bits per heavy atom. The van der Waals surface area contributed by atoms with Crippen molar-refractivity contribution in [2.45, 2.75) is 13.5 Å². The highest BCUT2D eigenvalue weighted by molar-refractivity contribution is 6.30. The molecular weight excluding hydrogens is 250 g/mol. The fraction of sp³-hybridized carbons (Fsp3) is 0.231.